The van der Waals surface area contributed by atoms with Crippen LogP contribution in [0.3, 0.4) is 0 Å². The third kappa shape index (κ3) is 3.04. The second kappa shape index (κ2) is 7.10. The lowest BCUT2D eigenvalue weighted by molar-refractivity contribution is 0.0524. The molecule has 124 valence electrons. The predicted octanol–water partition coefficient (Wildman–Crippen LogP) is 3.81. The molecule has 0 saturated carbocycles. The van der Waals surface area contributed by atoms with Gasteiger partial charge in [0, 0.05) is 5.69 Å². The average molecular weight is 342 g/mol. The number of carbonyl (C=O) groups is 1. The van der Waals surface area contributed by atoms with Crippen LogP contribution in [0.1, 0.15) is 51.8 Å². The number of fused-ring (bicyclic) bond motifs is 1. The second-order valence-electron chi connectivity index (χ2n) is 5.57. The van der Waals surface area contributed by atoms with Crippen molar-refractivity contribution in [2.45, 2.75) is 43.9 Å². The van der Waals surface area contributed by atoms with Crippen molar-refractivity contribution in [2.75, 3.05) is 6.61 Å². The van der Waals surface area contributed by atoms with Crippen LogP contribution in [-0.4, -0.2) is 17.6 Å². The molecule has 0 atom stereocenters. The molecule has 0 aliphatic heterocycles. The first kappa shape index (κ1) is 16.6. The van der Waals surface area contributed by atoms with Gasteiger partial charge in [-0.1, -0.05) is 11.8 Å². The number of aromatic nitrogens is 1. The van der Waals surface area contributed by atoms with E-state index < -0.39 is 0 Å². The summed E-state index contributed by atoms with van der Waals surface area (Å²) in [4.78, 5) is 16.6. The van der Waals surface area contributed by atoms with E-state index in [0.29, 0.717) is 34.3 Å². The third-order valence-electron chi connectivity index (χ3n) is 4.16. The molecule has 0 amide bonds. The highest BCUT2D eigenvalue weighted by Gasteiger charge is 2.22. The highest BCUT2D eigenvalue weighted by Crippen LogP contribution is 2.33. The van der Waals surface area contributed by atoms with Crippen molar-refractivity contribution in [2.24, 2.45) is 0 Å². The van der Waals surface area contributed by atoms with Crippen LogP contribution >= 0.6 is 11.8 Å². The topological polar surface area (TPSA) is 76.1 Å². The fourth-order valence-corrected chi connectivity index (χ4v) is 3.97. The summed E-state index contributed by atoms with van der Waals surface area (Å²) in [5.41, 5.74) is 4.42. The molecule has 0 radical (unpaired) electrons. The molecule has 0 unspecified atom stereocenters. The van der Waals surface area contributed by atoms with Crippen LogP contribution in [0.15, 0.2) is 21.8 Å². The molecule has 24 heavy (non-hydrogen) atoms. The number of thioether (sulfide) groups is 1. The standard InChI is InChI=1S/C18H18N2O3S/c1-3-22-18(21)13-7-8-23-16(13)10-24-17-14(9-19)11(2)12-5-4-6-15(12)20-17/h7-8H,3-6,10H2,1-2H3. The molecule has 2 heterocycles. The number of rotatable bonds is 5. The van der Waals surface area contributed by atoms with Crippen molar-refractivity contribution < 1.29 is 13.9 Å². The lowest BCUT2D eigenvalue weighted by Gasteiger charge is -2.10. The molecule has 6 heteroatoms. The van der Waals surface area contributed by atoms with Crippen molar-refractivity contribution in [3.05, 3.63) is 46.0 Å². The van der Waals surface area contributed by atoms with Gasteiger partial charge in [-0.05, 0) is 50.3 Å². The second-order valence-corrected chi connectivity index (χ2v) is 6.54. The summed E-state index contributed by atoms with van der Waals surface area (Å²) in [5.74, 6) is 0.587. The number of aryl methyl sites for hydroxylation is 1. The van der Waals surface area contributed by atoms with Crippen LogP contribution in [0.4, 0.5) is 0 Å². The number of hydrogen-bond donors (Lipinski definition) is 0. The summed E-state index contributed by atoms with van der Waals surface area (Å²) in [7, 11) is 0. The summed E-state index contributed by atoms with van der Waals surface area (Å²) in [6.45, 7) is 4.08. The molecular weight excluding hydrogens is 324 g/mol. The molecule has 0 N–H and O–H groups in total. The summed E-state index contributed by atoms with van der Waals surface area (Å²) in [5, 5.41) is 10.2. The number of furan rings is 1. The fourth-order valence-electron chi connectivity index (χ4n) is 2.96. The van der Waals surface area contributed by atoms with E-state index in [4.69, 9.17) is 9.15 Å². The van der Waals surface area contributed by atoms with Crippen LogP contribution in [0.5, 0.6) is 0 Å². The molecule has 0 fully saturated rings. The van der Waals surface area contributed by atoms with Gasteiger partial charge in [0.15, 0.2) is 0 Å². The van der Waals surface area contributed by atoms with E-state index in [-0.39, 0.29) is 5.97 Å². The number of carbonyl (C=O) groups excluding carboxylic acids is 1. The van der Waals surface area contributed by atoms with Gasteiger partial charge in [-0.2, -0.15) is 5.26 Å². The zero-order chi connectivity index (χ0) is 17.1. The summed E-state index contributed by atoms with van der Waals surface area (Å²) in [6, 6.07) is 3.89. The van der Waals surface area contributed by atoms with Crippen LogP contribution in [-0.2, 0) is 23.3 Å². The van der Waals surface area contributed by atoms with Crippen molar-refractivity contribution >= 4 is 17.7 Å². The Kier molecular flexibility index (Phi) is 4.91. The van der Waals surface area contributed by atoms with Gasteiger partial charge in [-0.25, -0.2) is 9.78 Å². The highest BCUT2D eigenvalue weighted by atomic mass is 32.2. The van der Waals surface area contributed by atoms with Gasteiger partial charge in [0.1, 0.15) is 22.4 Å². The predicted molar refractivity (Wildman–Crippen MR) is 89.9 cm³/mol. The molecule has 1 aliphatic carbocycles. The van der Waals surface area contributed by atoms with Gasteiger partial charge in [0.2, 0.25) is 0 Å². The maximum atomic E-state index is 11.9. The molecule has 0 saturated heterocycles. The molecule has 3 rings (SSSR count). The van der Waals surface area contributed by atoms with E-state index >= 15 is 0 Å². The SMILES string of the molecule is CCOC(=O)c1ccoc1CSc1nc2c(c(C)c1C#N)CCC2. The van der Waals surface area contributed by atoms with E-state index in [1.807, 2.05) is 6.92 Å². The van der Waals surface area contributed by atoms with Crippen LogP contribution in [0, 0.1) is 18.3 Å². The Balaban J connectivity index is 1.84. The normalized spacial score (nSPS) is 12.7. The molecule has 0 aromatic carbocycles. The number of ether oxygens (including phenoxy) is 1. The Labute approximate surface area is 145 Å². The Hall–Kier alpha value is -2.26. The van der Waals surface area contributed by atoms with E-state index in [9.17, 15) is 10.1 Å². The lowest BCUT2D eigenvalue weighted by Crippen LogP contribution is -2.06. The van der Waals surface area contributed by atoms with Crippen molar-refractivity contribution in [1.29, 1.82) is 5.26 Å². The number of nitrogens with zero attached hydrogens (tertiary/aromatic N) is 2. The molecule has 1 aliphatic rings. The maximum Gasteiger partial charge on any atom is 0.341 e. The number of pyridine rings is 1. The zero-order valence-electron chi connectivity index (χ0n) is 13.7. The van der Waals surface area contributed by atoms with E-state index in [1.54, 1.807) is 13.0 Å². The Bertz CT molecular complexity index is 820. The summed E-state index contributed by atoms with van der Waals surface area (Å²) >= 11 is 1.42. The van der Waals surface area contributed by atoms with Crippen molar-refractivity contribution in [3.8, 4) is 6.07 Å². The quantitative estimate of drug-likeness (QED) is 0.607. The Morgan fingerprint density at radius 2 is 2.33 bits per heavy atom. The van der Waals surface area contributed by atoms with Crippen LogP contribution < -0.4 is 0 Å². The molecular formula is C18H18N2O3S. The fraction of sp³-hybridized carbons (Fsp3) is 0.389. The first-order valence-corrected chi connectivity index (χ1v) is 8.93. The molecule has 0 spiro atoms. The van der Waals surface area contributed by atoms with Crippen molar-refractivity contribution in [3.63, 3.8) is 0 Å². The minimum atomic E-state index is -0.388. The molecule has 0 bridgehead atoms. The monoisotopic (exact) mass is 342 g/mol. The molecule has 2 aromatic rings. The minimum absolute atomic E-state index is 0.320. The first-order valence-electron chi connectivity index (χ1n) is 7.94. The lowest BCUT2D eigenvalue weighted by atomic mass is 10.0. The van der Waals surface area contributed by atoms with Crippen molar-refractivity contribution in [1.82, 2.24) is 4.98 Å². The van der Waals surface area contributed by atoms with Gasteiger partial charge < -0.3 is 9.15 Å². The maximum absolute atomic E-state index is 11.9. The summed E-state index contributed by atoms with van der Waals surface area (Å²) < 4.78 is 10.4. The highest BCUT2D eigenvalue weighted by molar-refractivity contribution is 7.98. The molecule has 5 nitrogen and oxygen atoms in total. The van der Waals surface area contributed by atoms with E-state index in [2.05, 4.69) is 11.1 Å². The van der Waals surface area contributed by atoms with Gasteiger partial charge in [0.25, 0.3) is 0 Å². The van der Waals surface area contributed by atoms with Gasteiger partial charge in [0.05, 0.1) is 24.2 Å². The third-order valence-corrected chi connectivity index (χ3v) is 5.13. The van der Waals surface area contributed by atoms with Gasteiger partial charge >= 0.3 is 5.97 Å². The van der Waals surface area contributed by atoms with Gasteiger partial charge in [-0.15, -0.1) is 0 Å². The number of hydrogen-bond acceptors (Lipinski definition) is 6. The van der Waals surface area contributed by atoms with E-state index in [1.165, 1.54) is 23.6 Å². The van der Waals surface area contributed by atoms with Crippen LogP contribution in [0.2, 0.25) is 0 Å². The number of esters is 1. The Morgan fingerprint density at radius 3 is 3.08 bits per heavy atom. The summed E-state index contributed by atoms with van der Waals surface area (Å²) in [6.07, 6.45) is 4.53. The van der Waals surface area contributed by atoms with Gasteiger partial charge in [-0.3, -0.25) is 0 Å². The average Bonchev–Trinajstić information content (AvgIpc) is 3.22. The minimum Gasteiger partial charge on any atom is -0.468 e. The smallest absolute Gasteiger partial charge is 0.341 e. The Morgan fingerprint density at radius 1 is 1.50 bits per heavy atom. The van der Waals surface area contributed by atoms with E-state index in [0.717, 1.165) is 30.5 Å². The largest absolute Gasteiger partial charge is 0.468 e. The zero-order valence-corrected chi connectivity index (χ0v) is 14.5. The first-order chi connectivity index (χ1) is 11.7. The van der Waals surface area contributed by atoms with Crippen LogP contribution in [0.25, 0.3) is 0 Å². The molecule has 2 aromatic heterocycles. The number of nitriles is 1.